The summed E-state index contributed by atoms with van der Waals surface area (Å²) in [4.78, 5) is 12.8. The lowest BCUT2D eigenvalue weighted by atomic mass is 9.93. The molecule has 0 bridgehead atoms. The van der Waals surface area contributed by atoms with Gasteiger partial charge in [-0.15, -0.1) is 0 Å². The maximum Gasteiger partial charge on any atom is 0.255 e. The molecule has 1 N–H and O–H groups in total. The van der Waals surface area contributed by atoms with Gasteiger partial charge in [0.1, 0.15) is 5.75 Å². The van der Waals surface area contributed by atoms with Crippen LogP contribution in [-0.2, 0) is 11.2 Å². The number of halogens is 2. The van der Waals surface area contributed by atoms with Crippen molar-refractivity contribution in [1.82, 2.24) is 4.57 Å². The Hall–Kier alpha value is -2.41. The average Bonchev–Trinajstić information content (AvgIpc) is 3.07. The molecule has 5 nitrogen and oxygen atoms in total. The highest BCUT2D eigenvalue weighted by atomic mass is 19.3. The first-order valence-electron chi connectivity index (χ1n) is 10.7. The highest BCUT2D eigenvalue weighted by Gasteiger charge is 2.57. The van der Waals surface area contributed by atoms with Crippen LogP contribution in [0.1, 0.15) is 37.8 Å². The number of aromatic nitrogens is 1. The Bertz CT molecular complexity index is 1010. The summed E-state index contributed by atoms with van der Waals surface area (Å²) >= 11 is 0. The van der Waals surface area contributed by atoms with Crippen LogP contribution in [0.4, 0.5) is 14.5 Å². The van der Waals surface area contributed by atoms with Gasteiger partial charge in [-0.3, -0.25) is 4.79 Å². The number of hydrogen-bond donors (Lipinski definition) is 1. The zero-order valence-corrected chi connectivity index (χ0v) is 17.0. The topological polar surface area (TPSA) is 52.5 Å². The SMILES string of the molecule is CC1Cc2cc(OCC3CC3(F)F)ccc2-c2cc(NCC3CCCO3)cc(=O)n21. The highest BCUT2D eigenvalue weighted by Crippen LogP contribution is 2.48. The van der Waals surface area contributed by atoms with Gasteiger partial charge in [0.05, 0.1) is 24.3 Å². The minimum absolute atomic E-state index is 0.00947. The van der Waals surface area contributed by atoms with Gasteiger partial charge < -0.3 is 19.4 Å². The molecular weight excluding hydrogens is 390 g/mol. The van der Waals surface area contributed by atoms with Crippen LogP contribution >= 0.6 is 0 Å². The number of hydrogen-bond acceptors (Lipinski definition) is 4. The molecule has 2 aliphatic heterocycles. The maximum absolute atomic E-state index is 13.1. The predicted molar refractivity (Wildman–Crippen MR) is 111 cm³/mol. The number of nitrogens with zero attached hydrogens (tertiary/aromatic N) is 1. The summed E-state index contributed by atoms with van der Waals surface area (Å²) in [7, 11) is 0. The van der Waals surface area contributed by atoms with Crippen molar-refractivity contribution >= 4 is 5.69 Å². The van der Waals surface area contributed by atoms with E-state index in [2.05, 4.69) is 5.32 Å². The van der Waals surface area contributed by atoms with Crippen molar-refractivity contribution in [3.8, 4) is 17.0 Å². The van der Waals surface area contributed by atoms with E-state index < -0.39 is 11.8 Å². The molecule has 1 aliphatic carbocycles. The Morgan fingerprint density at radius 2 is 2.13 bits per heavy atom. The van der Waals surface area contributed by atoms with Gasteiger partial charge in [-0.2, -0.15) is 0 Å². The van der Waals surface area contributed by atoms with E-state index in [0.29, 0.717) is 18.7 Å². The Labute approximate surface area is 174 Å². The van der Waals surface area contributed by atoms with Crippen molar-refractivity contribution in [2.75, 3.05) is 25.1 Å². The lowest BCUT2D eigenvalue weighted by molar-refractivity contribution is 0.0856. The molecule has 0 amide bonds. The van der Waals surface area contributed by atoms with Gasteiger partial charge in [-0.25, -0.2) is 8.78 Å². The minimum atomic E-state index is -2.57. The van der Waals surface area contributed by atoms with E-state index in [1.165, 1.54) is 0 Å². The fraction of sp³-hybridized carbons (Fsp3) is 0.522. The van der Waals surface area contributed by atoms with Crippen LogP contribution in [0.2, 0.25) is 0 Å². The van der Waals surface area contributed by atoms with Crippen molar-refractivity contribution in [3.05, 3.63) is 46.2 Å². The number of anilines is 1. The number of benzene rings is 1. The molecule has 160 valence electrons. The number of alkyl halides is 2. The first-order valence-corrected chi connectivity index (χ1v) is 10.7. The van der Waals surface area contributed by atoms with E-state index in [4.69, 9.17) is 9.47 Å². The zero-order valence-electron chi connectivity index (χ0n) is 17.0. The molecule has 3 atom stereocenters. The van der Waals surface area contributed by atoms with Gasteiger partial charge in [0.25, 0.3) is 11.5 Å². The second-order valence-electron chi connectivity index (χ2n) is 8.70. The van der Waals surface area contributed by atoms with Gasteiger partial charge >= 0.3 is 0 Å². The molecule has 1 aromatic carbocycles. The van der Waals surface area contributed by atoms with Crippen LogP contribution in [0.15, 0.2) is 35.1 Å². The first-order chi connectivity index (χ1) is 14.4. The van der Waals surface area contributed by atoms with E-state index in [1.807, 2.05) is 29.7 Å². The van der Waals surface area contributed by atoms with Crippen LogP contribution in [0.3, 0.4) is 0 Å². The molecule has 3 unspecified atom stereocenters. The molecule has 0 spiro atoms. The third-order valence-corrected chi connectivity index (χ3v) is 6.34. The first kappa shape index (κ1) is 19.5. The highest BCUT2D eigenvalue weighted by molar-refractivity contribution is 5.70. The van der Waals surface area contributed by atoms with E-state index in [9.17, 15) is 13.6 Å². The fourth-order valence-electron chi connectivity index (χ4n) is 4.52. The molecule has 0 radical (unpaired) electrons. The van der Waals surface area contributed by atoms with Crippen LogP contribution in [-0.4, -0.2) is 36.4 Å². The molecule has 3 aliphatic rings. The van der Waals surface area contributed by atoms with Crippen molar-refractivity contribution in [3.63, 3.8) is 0 Å². The number of ether oxygens (including phenoxy) is 2. The summed E-state index contributed by atoms with van der Waals surface area (Å²) in [6, 6.07) is 9.32. The summed E-state index contributed by atoms with van der Waals surface area (Å²) in [5.41, 5.74) is 3.68. The maximum atomic E-state index is 13.1. The van der Waals surface area contributed by atoms with Gasteiger partial charge in [-0.1, -0.05) is 0 Å². The Kier molecular flexibility index (Phi) is 4.81. The van der Waals surface area contributed by atoms with Crippen LogP contribution < -0.4 is 15.6 Å². The number of pyridine rings is 1. The summed E-state index contributed by atoms with van der Waals surface area (Å²) in [6.45, 7) is 3.54. The van der Waals surface area contributed by atoms with Crippen molar-refractivity contribution < 1.29 is 18.3 Å². The van der Waals surface area contributed by atoms with Gasteiger partial charge in [0.2, 0.25) is 0 Å². The smallest absolute Gasteiger partial charge is 0.255 e. The van der Waals surface area contributed by atoms with Gasteiger partial charge in [-0.05, 0) is 56.0 Å². The number of rotatable bonds is 6. The van der Waals surface area contributed by atoms with Crippen LogP contribution in [0.25, 0.3) is 11.3 Å². The quantitative estimate of drug-likeness (QED) is 0.765. The van der Waals surface area contributed by atoms with Gasteiger partial charge in [0, 0.05) is 42.9 Å². The van der Waals surface area contributed by atoms with E-state index in [-0.39, 0.29) is 30.7 Å². The average molecular weight is 416 g/mol. The van der Waals surface area contributed by atoms with Crippen LogP contribution in [0, 0.1) is 5.92 Å². The second-order valence-corrected chi connectivity index (χ2v) is 8.70. The molecule has 7 heteroatoms. The Morgan fingerprint density at radius 1 is 1.30 bits per heavy atom. The lowest BCUT2D eigenvalue weighted by Crippen LogP contribution is -2.29. The standard InChI is InChI=1S/C23H26F2N2O3/c1-14-7-15-8-18(30-13-16-11-23(16,24)25)4-5-20(15)21-9-17(10-22(28)27(14)21)26-12-19-3-2-6-29-19/h4-5,8-10,14,16,19,26H,2-3,6-7,11-13H2,1H3. The van der Waals surface area contributed by atoms with Crippen molar-refractivity contribution in [2.45, 2.75) is 50.7 Å². The molecular formula is C23H26F2N2O3. The largest absolute Gasteiger partial charge is 0.493 e. The molecule has 2 aromatic rings. The summed E-state index contributed by atoms with van der Waals surface area (Å²) in [5, 5.41) is 3.35. The summed E-state index contributed by atoms with van der Waals surface area (Å²) in [5.74, 6) is -2.65. The van der Waals surface area contributed by atoms with Crippen molar-refractivity contribution in [1.29, 1.82) is 0 Å². The second kappa shape index (κ2) is 7.38. The number of nitrogens with one attached hydrogen (secondary N) is 1. The summed E-state index contributed by atoms with van der Waals surface area (Å²) < 4.78 is 39.3. The molecule has 1 saturated heterocycles. The van der Waals surface area contributed by atoms with E-state index in [0.717, 1.165) is 42.0 Å². The third kappa shape index (κ3) is 3.71. The Balaban J connectivity index is 1.38. The number of fused-ring (bicyclic) bond motifs is 3. The zero-order chi connectivity index (χ0) is 20.9. The third-order valence-electron chi connectivity index (χ3n) is 6.34. The molecule has 2 fully saturated rings. The molecule has 30 heavy (non-hydrogen) atoms. The fourth-order valence-corrected chi connectivity index (χ4v) is 4.52. The minimum Gasteiger partial charge on any atom is -0.493 e. The molecule has 1 saturated carbocycles. The lowest BCUT2D eigenvalue weighted by Gasteiger charge is -2.28. The Morgan fingerprint density at radius 3 is 2.87 bits per heavy atom. The summed E-state index contributed by atoms with van der Waals surface area (Å²) in [6.07, 6.45) is 2.90. The molecule has 3 heterocycles. The van der Waals surface area contributed by atoms with E-state index in [1.54, 1.807) is 12.1 Å². The van der Waals surface area contributed by atoms with Crippen molar-refractivity contribution in [2.24, 2.45) is 5.92 Å². The van der Waals surface area contributed by atoms with Crippen LogP contribution in [0.5, 0.6) is 5.75 Å². The predicted octanol–water partition coefficient (Wildman–Crippen LogP) is 4.26. The van der Waals surface area contributed by atoms with E-state index >= 15 is 0 Å². The van der Waals surface area contributed by atoms with Gasteiger partial charge in [0.15, 0.2) is 0 Å². The molecule has 5 rings (SSSR count). The monoisotopic (exact) mass is 416 g/mol. The normalized spacial score (nSPS) is 26.0. The molecule has 1 aromatic heterocycles.